The van der Waals surface area contributed by atoms with Crippen molar-refractivity contribution in [3.8, 4) is 0 Å². The topological polar surface area (TPSA) is 64.0 Å². The van der Waals surface area contributed by atoms with Gasteiger partial charge >= 0.3 is 0 Å². The molecule has 2 aromatic rings. The van der Waals surface area contributed by atoms with Crippen molar-refractivity contribution >= 4 is 11.6 Å². The van der Waals surface area contributed by atoms with Gasteiger partial charge in [0.15, 0.2) is 0 Å². The van der Waals surface area contributed by atoms with Crippen LogP contribution in [0, 0.1) is 13.8 Å². The van der Waals surface area contributed by atoms with Crippen LogP contribution in [0.4, 0.5) is 5.69 Å². The predicted molar refractivity (Wildman–Crippen MR) is 73.3 cm³/mol. The number of rotatable bonds is 2. The summed E-state index contributed by atoms with van der Waals surface area (Å²) in [5.41, 5.74) is 2.94. The van der Waals surface area contributed by atoms with Gasteiger partial charge in [-0.3, -0.25) is 9.59 Å². The highest BCUT2D eigenvalue weighted by Crippen LogP contribution is 2.14. The minimum Gasteiger partial charge on any atom is -0.321 e. The van der Waals surface area contributed by atoms with Gasteiger partial charge in [0.2, 0.25) is 0 Å². The van der Waals surface area contributed by atoms with Crippen LogP contribution in [0.15, 0.2) is 35.1 Å². The van der Waals surface area contributed by atoms with E-state index in [1.54, 1.807) is 0 Å². The van der Waals surface area contributed by atoms with Crippen LogP contribution in [0.3, 0.4) is 0 Å². The molecule has 0 radical (unpaired) electrons. The Balaban J connectivity index is 2.22. The molecule has 5 heteroatoms. The first-order valence-electron chi connectivity index (χ1n) is 5.90. The quantitative estimate of drug-likeness (QED) is 0.889. The molecule has 0 aliphatic heterocycles. The van der Waals surface area contributed by atoms with Crippen LogP contribution in [0.5, 0.6) is 0 Å². The molecule has 1 heterocycles. The first-order valence-corrected chi connectivity index (χ1v) is 5.90. The van der Waals surface area contributed by atoms with Crippen LogP contribution in [0.1, 0.15) is 21.6 Å². The summed E-state index contributed by atoms with van der Waals surface area (Å²) in [6, 6.07) is 8.41. The van der Waals surface area contributed by atoms with E-state index >= 15 is 0 Å². The van der Waals surface area contributed by atoms with Gasteiger partial charge in [-0.05, 0) is 43.2 Å². The van der Waals surface area contributed by atoms with Gasteiger partial charge in [-0.15, -0.1) is 0 Å². The van der Waals surface area contributed by atoms with E-state index in [0.717, 1.165) is 10.2 Å². The van der Waals surface area contributed by atoms with Crippen molar-refractivity contribution in [2.75, 3.05) is 5.32 Å². The van der Waals surface area contributed by atoms with Gasteiger partial charge in [-0.2, -0.15) is 5.10 Å². The fraction of sp³-hybridized carbons (Fsp3) is 0.214. The van der Waals surface area contributed by atoms with Crippen LogP contribution in [0.2, 0.25) is 0 Å². The number of nitrogens with zero attached hydrogens (tertiary/aromatic N) is 2. The third-order valence-corrected chi connectivity index (χ3v) is 2.96. The first-order chi connectivity index (χ1) is 8.97. The Labute approximate surface area is 110 Å². The Hall–Kier alpha value is -2.43. The lowest BCUT2D eigenvalue weighted by atomic mass is 10.1. The lowest BCUT2D eigenvalue weighted by Crippen LogP contribution is -2.23. The minimum absolute atomic E-state index is 0.209. The third kappa shape index (κ3) is 2.88. The van der Waals surface area contributed by atoms with Gasteiger partial charge in [-0.1, -0.05) is 6.07 Å². The van der Waals surface area contributed by atoms with Crippen molar-refractivity contribution in [2.24, 2.45) is 7.05 Å². The van der Waals surface area contributed by atoms with E-state index in [-0.39, 0.29) is 17.2 Å². The van der Waals surface area contributed by atoms with Crippen LogP contribution >= 0.6 is 0 Å². The van der Waals surface area contributed by atoms with Crippen LogP contribution in [-0.2, 0) is 7.05 Å². The van der Waals surface area contributed by atoms with Gasteiger partial charge in [-0.25, -0.2) is 4.68 Å². The average Bonchev–Trinajstić information content (AvgIpc) is 2.37. The molecular weight excluding hydrogens is 242 g/mol. The highest BCUT2D eigenvalue weighted by molar-refractivity contribution is 6.02. The fourth-order valence-corrected chi connectivity index (χ4v) is 1.64. The van der Waals surface area contributed by atoms with Crippen molar-refractivity contribution in [2.45, 2.75) is 13.8 Å². The number of aromatic nitrogens is 2. The monoisotopic (exact) mass is 257 g/mol. The van der Waals surface area contributed by atoms with Gasteiger partial charge in [0.25, 0.3) is 11.5 Å². The van der Waals surface area contributed by atoms with Gasteiger partial charge < -0.3 is 5.32 Å². The van der Waals surface area contributed by atoms with Crippen molar-refractivity contribution < 1.29 is 4.79 Å². The second-order valence-corrected chi connectivity index (χ2v) is 4.43. The largest absolute Gasteiger partial charge is 0.321 e. The van der Waals surface area contributed by atoms with Crippen LogP contribution < -0.4 is 10.9 Å². The number of benzene rings is 1. The maximum atomic E-state index is 12.0. The molecule has 98 valence electrons. The molecule has 1 N–H and O–H groups in total. The summed E-state index contributed by atoms with van der Waals surface area (Å²) in [6.45, 7) is 3.99. The molecule has 0 spiro atoms. The number of hydrogen-bond acceptors (Lipinski definition) is 3. The molecule has 2 rings (SSSR count). The molecule has 0 atom stereocenters. The molecule has 0 saturated carbocycles. The number of carbonyl (C=O) groups excluding carboxylic acids is 1. The van der Waals surface area contributed by atoms with E-state index in [1.807, 2.05) is 32.0 Å². The zero-order chi connectivity index (χ0) is 14.0. The van der Waals surface area contributed by atoms with Crippen LogP contribution in [-0.4, -0.2) is 15.7 Å². The number of anilines is 1. The first kappa shape index (κ1) is 13.0. The van der Waals surface area contributed by atoms with Crippen molar-refractivity contribution in [1.29, 1.82) is 0 Å². The zero-order valence-corrected chi connectivity index (χ0v) is 11.1. The standard InChI is InChI=1S/C14H15N3O2/c1-9-4-5-11(8-10(9)2)15-14(19)12-6-7-13(18)17(3)16-12/h4-8H,1-3H3,(H,15,19). The van der Waals surface area contributed by atoms with E-state index in [2.05, 4.69) is 10.4 Å². The molecule has 0 fully saturated rings. The summed E-state index contributed by atoms with van der Waals surface area (Å²) in [5.74, 6) is -0.334. The molecule has 19 heavy (non-hydrogen) atoms. The third-order valence-electron chi connectivity index (χ3n) is 2.96. The van der Waals surface area contributed by atoms with Crippen molar-refractivity contribution in [3.05, 3.63) is 57.5 Å². The molecule has 1 aromatic carbocycles. The highest BCUT2D eigenvalue weighted by Gasteiger charge is 2.09. The maximum Gasteiger partial charge on any atom is 0.276 e. The molecular formula is C14H15N3O2. The summed E-state index contributed by atoms with van der Waals surface area (Å²) >= 11 is 0. The van der Waals surface area contributed by atoms with E-state index in [4.69, 9.17) is 0 Å². The lowest BCUT2D eigenvalue weighted by Gasteiger charge is -2.07. The summed E-state index contributed by atoms with van der Waals surface area (Å²) in [6.07, 6.45) is 0. The molecule has 5 nitrogen and oxygen atoms in total. The average molecular weight is 257 g/mol. The molecule has 0 bridgehead atoms. The number of aryl methyl sites for hydroxylation is 3. The van der Waals surface area contributed by atoms with Gasteiger partial charge in [0.05, 0.1) is 0 Å². The smallest absolute Gasteiger partial charge is 0.276 e. The van der Waals surface area contributed by atoms with Gasteiger partial charge in [0, 0.05) is 18.8 Å². The zero-order valence-electron chi connectivity index (χ0n) is 11.1. The Bertz CT molecular complexity index is 689. The Morgan fingerprint density at radius 1 is 1.16 bits per heavy atom. The predicted octanol–water partition coefficient (Wildman–Crippen LogP) is 1.65. The Morgan fingerprint density at radius 2 is 1.89 bits per heavy atom. The van der Waals surface area contributed by atoms with Crippen molar-refractivity contribution in [3.63, 3.8) is 0 Å². The molecule has 1 aromatic heterocycles. The molecule has 0 aliphatic rings. The Morgan fingerprint density at radius 3 is 2.53 bits per heavy atom. The van der Waals surface area contributed by atoms with E-state index in [0.29, 0.717) is 5.69 Å². The van der Waals surface area contributed by atoms with Crippen LogP contribution in [0.25, 0.3) is 0 Å². The minimum atomic E-state index is -0.334. The SMILES string of the molecule is Cc1ccc(NC(=O)c2ccc(=O)n(C)n2)cc1C. The summed E-state index contributed by atoms with van der Waals surface area (Å²) < 4.78 is 1.13. The second-order valence-electron chi connectivity index (χ2n) is 4.43. The summed E-state index contributed by atoms with van der Waals surface area (Å²) in [5, 5.41) is 6.66. The van der Waals surface area contributed by atoms with Crippen molar-refractivity contribution in [1.82, 2.24) is 9.78 Å². The molecule has 1 amide bonds. The van der Waals surface area contributed by atoms with Gasteiger partial charge in [0.1, 0.15) is 5.69 Å². The molecule has 0 aliphatic carbocycles. The number of amides is 1. The van der Waals surface area contributed by atoms with E-state index < -0.39 is 0 Å². The fourth-order valence-electron chi connectivity index (χ4n) is 1.64. The lowest BCUT2D eigenvalue weighted by molar-refractivity contribution is 0.102. The second kappa shape index (κ2) is 5.06. The van der Waals surface area contributed by atoms with E-state index in [1.165, 1.54) is 24.7 Å². The highest BCUT2D eigenvalue weighted by atomic mass is 16.2. The summed E-state index contributed by atoms with van der Waals surface area (Å²) in [4.78, 5) is 23.2. The Kier molecular flexibility index (Phi) is 3.46. The number of hydrogen-bond donors (Lipinski definition) is 1. The normalized spacial score (nSPS) is 10.3. The number of carbonyl (C=O) groups is 1. The maximum absolute atomic E-state index is 12.0. The number of nitrogens with one attached hydrogen (secondary N) is 1. The molecule has 0 unspecified atom stereocenters. The summed E-state index contributed by atoms with van der Waals surface area (Å²) in [7, 11) is 1.51. The molecule has 0 saturated heterocycles. The van der Waals surface area contributed by atoms with E-state index in [9.17, 15) is 9.59 Å².